The molecule has 0 bridgehead atoms. The van der Waals surface area contributed by atoms with E-state index >= 15 is 0 Å². The molecule has 1 aromatic carbocycles. The van der Waals surface area contributed by atoms with E-state index in [1.54, 1.807) is 0 Å². The smallest absolute Gasteiger partial charge is 0.205 e. The molecule has 1 aromatic heterocycles. The van der Waals surface area contributed by atoms with Crippen molar-refractivity contribution < 1.29 is 19.8 Å². The van der Waals surface area contributed by atoms with Crippen LogP contribution in [0.15, 0.2) is 12.1 Å². The predicted molar refractivity (Wildman–Crippen MR) is 72.1 cm³/mol. The number of carbonyl (C=O) groups is 2. The number of hydrogen-bond acceptors (Lipinski definition) is 4. The highest BCUT2D eigenvalue weighted by Gasteiger charge is 2.38. The molecule has 7 heteroatoms. The van der Waals surface area contributed by atoms with E-state index in [1.807, 2.05) is 0 Å². The molecule has 102 valence electrons. The zero-order valence-electron chi connectivity index (χ0n) is 10.1. The number of benzene rings is 1. The van der Waals surface area contributed by atoms with Crippen LogP contribution in [0.3, 0.4) is 0 Å². The van der Waals surface area contributed by atoms with Crippen LogP contribution in [0, 0.1) is 0 Å². The van der Waals surface area contributed by atoms with Gasteiger partial charge in [0, 0.05) is 18.2 Å². The number of nitrogens with zero attached hydrogens (tertiary/aromatic N) is 1. The van der Waals surface area contributed by atoms with Crippen molar-refractivity contribution >= 4 is 34.8 Å². The quantitative estimate of drug-likeness (QED) is 0.668. The third kappa shape index (κ3) is 1.44. The third-order valence-corrected chi connectivity index (χ3v) is 4.06. The summed E-state index contributed by atoms with van der Waals surface area (Å²) in [4.78, 5) is 24.7. The van der Waals surface area contributed by atoms with Gasteiger partial charge in [-0.2, -0.15) is 0 Å². The average molecular weight is 312 g/mol. The van der Waals surface area contributed by atoms with E-state index in [0.29, 0.717) is 0 Å². The number of rotatable bonds is 0. The summed E-state index contributed by atoms with van der Waals surface area (Å²) >= 11 is 11.7. The highest BCUT2D eigenvalue weighted by molar-refractivity contribution is 6.43. The van der Waals surface area contributed by atoms with E-state index in [4.69, 9.17) is 23.2 Å². The molecule has 1 heterocycles. The molecule has 1 aliphatic carbocycles. The van der Waals surface area contributed by atoms with Gasteiger partial charge in [-0.25, -0.2) is 0 Å². The third-order valence-electron chi connectivity index (χ3n) is 3.34. The van der Waals surface area contributed by atoms with E-state index in [0.717, 1.165) is 4.57 Å². The van der Waals surface area contributed by atoms with Gasteiger partial charge in [-0.05, 0) is 12.1 Å². The Morgan fingerprint density at radius 1 is 0.900 bits per heavy atom. The maximum absolute atomic E-state index is 12.4. The van der Waals surface area contributed by atoms with E-state index in [9.17, 15) is 19.8 Å². The number of fused-ring (bicyclic) bond motifs is 2. The van der Waals surface area contributed by atoms with Gasteiger partial charge in [0.1, 0.15) is 0 Å². The summed E-state index contributed by atoms with van der Waals surface area (Å²) in [5.74, 6) is -2.09. The van der Waals surface area contributed by atoms with Crippen LogP contribution in [0.5, 0.6) is 11.8 Å². The van der Waals surface area contributed by atoms with Crippen molar-refractivity contribution in [3.63, 3.8) is 0 Å². The highest BCUT2D eigenvalue weighted by Crippen LogP contribution is 2.41. The van der Waals surface area contributed by atoms with E-state index < -0.39 is 23.3 Å². The molecular formula is C13H7Cl2NO4. The lowest BCUT2D eigenvalue weighted by Crippen LogP contribution is -2.19. The van der Waals surface area contributed by atoms with Crippen LogP contribution >= 0.6 is 23.2 Å². The van der Waals surface area contributed by atoms with Crippen molar-refractivity contribution in [1.82, 2.24) is 4.57 Å². The van der Waals surface area contributed by atoms with Gasteiger partial charge in [-0.15, -0.1) is 0 Å². The Hall–Kier alpha value is -1.98. The minimum absolute atomic E-state index is 0.0535. The Morgan fingerprint density at radius 3 is 1.60 bits per heavy atom. The number of aromatic hydroxyl groups is 2. The molecule has 0 radical (unpaired) electrons. The summed E-state index contributed by atoms with van der Waals surface area (Å²) in [6.45, 7) is 0. The molecule has 0 fully saturated rings. The standard InChI is InChI=1S/C13H7Cl2NO4/c1-16-12(19)8-9(13(16)20)11(18)5-3-7(15)6(14)2-4(5)10(8)17/h2-3,19-20H,1H3. The first-order valence-corrected chi connectivity index (χ1v) is 6.29. The van der Waals surface area contributed by atoms with Crippen LogP contribution in [0.25, 0.3) is 0 Å². The molecule has 1 aliphatic rings. The second-order valence-electron chi connectivity index (χ2n) is 4.43. The fraction of sp³-hybridized carbons (Fsp3) is 0.0769. The second-order valence-corrected chi connectivity index (χ2v) is 5.24. The molecule has 0 aliphatic heterocycles. The van der Waals surface area contributed by atoms with Crippen molar-refractivity contribution in [2.75, 3.05) is 0 Å². The van der Waals surface area contributed by atoms with Gasteiger partial charge in [0.25, 0.3) is 0 Å². The molecule has 0 saturated heterocycles. The van der Waals surface area contributed by atoms with Crippen molar-refractivity contribution in [2.45, 2.75) is 0 Å². The van der Waals surface area contributed by atoms with Crippen LogP contribution in [0.1, 0.15) is 31.8 Å². The normalized spacial score (nSPS) is 13.3. The average Bonchev–Trinajstić information content (AvgIpc) is 2.63. The summed E-state index contributed by atoms with van der Waals surface area (Å²) in [6.07, 6.45) is 0. The Kier molecular flexibility index (Phi) is 2.61. The van der Waals surface area contributed by atoms with Crippen LogP contribution < -0.4 is 0 Å². The topological polar surface area (TPSA) is 79.5 Å². The van der Waals surface area contributed by atoms with Crippen molar-refractivity contribution in [2.24, 2.45) is 7.05 Å². The largest absolute Gasteiger partial charge is 0.494 e. The molecule has 20 heavy (non-hydrogen) atoms. The zero-order valence-corrected chi connectivity index (χ0v) is 11.6. The summed E-state index contributed by atoms with van der Waals surface area (Å²) in [5.41, 5.74) is -0.336. The molecule has 0 saturated carbocycles. The lowest BCUT2D eigenvalue weighted by molar-refractivity contribution is 0.0976. The van der Waals surface area contributed by atoms with E-state index in [1.165, 1.54) is 19.2 Å². The van der Waals surface area contributed by atoms with Gasteiger partial charge in [0.05, 0.1) is 21.2 Å². The number of halogens is 2. The monoisotopic (exact) mass is 311 g/mol. The molecule has 0 spiro atoms. The lowest BCUT2D eigenvalue weighted by atomic mass is 9.86. The molecule has 0 atom stereocenters. The van der Waals surface area contributed by atoms with E-state index in [2.05, 4.69) is 0 Å². The number of aromatic nitrogens is 1. The molecule has 0 unspecified atom stereocenters. The number of carbonyl (C=O) groups excluding carboxylic acids is 2. The zero-order chi connectivity index (χ0) is 14.8. The second kappa shape index (κ2) is 4.01. The van der Waals surface area contributed by atoms with Crippen molar-refractivity contribution in [3.05, 3.63) is 44.4 Å². The first-order chi connectivity index (χ1) is 9.34. The van der Waals surface area contributed by atoms with Gasteiger partial charge in [-0.1, -0.05) is 23.2 Å². The Morgan fingerprint density at radius 2 is 1.25 bits per heavy atom. The minimum atomic E-state index is -0.582. The summed E-state index contributed by atoms with van der Waals surface area (Å²) in [6, 6.07) is 2.57. The maximum atomic E-state index is 12.4. The molecule has 3 rings (SSSR count). The summed E-state index contributed by atoms with van der Waals surface area (Å²) in [7, 11) is 1.34. The predicted octanol–water partition coefficient (Wildman–Crippen LogP) is 2.52. The Labute approximate surface area is 123 Å². The minimum Gasteiger partial charge on any atom is -0.494 e. The molecule has 2 aromatic rings. The van der Waals surface area contributed by atoms with Crippen LogP contribution in [-0.4, -0.2) is 26.3 Å². The van der Waals surface area contributed by atoms with Gasteiger partial charge >= 0.3 is 0 Å². The van der Waals surface area contributed by atoms with Gasteiger partial charge in [0.2, 0.25) is 11.8 Å². The number of hydrogen-bond donors (Lipinski definition) is 2. The Balaban J connectivity index is 2.40. The van der Waals surface area contributed by atoms with Gasteiger partial charge < -0.3 is 10.2 Å². The van der Waals surface area contributed by atoms with Crippen molar-refractivity contribution in [1.29, 1.82) is 0 Å². The summed E-state index contributed by atoms with van der Waals surface area (Å²) in [5, 5.41) is 20.0. The fourth-order valence-corrected chi connectivity index (χ4v) is 2.61. The maximum Gasteiger partial charge on any atom is 0.205 e. The van der Waals surface area contributed by atoms with Gasteiger partial charge in [0.15, 0.2) is 11.6 Å². The summed E-state index contributed by atoms with van der Waals surface area (Å²) < 4.78 is 0.968. The fourth-order valence-electron chi connectivity index (χ4n) is 2.28. The number of ketones is 2. The Bertz CT molecular complexity index is 743. The first kappa shape index (κ1) is 13.0. The van der Waals surface area contributed by atoms with Crippen LogP contribution in [0.4, 0.5) is 0 Å². The van der Waals surface area contributed by atoms with Gasteiger partial charge in [-0.3, -0.25) is 14.2 Å². The lowest BCUT2D eigenvalue weighted by Gasteiger charge is -2.15. The molecule has 2 N–H and O–H groups in total. The molecular weight excluding hydrogens is 305 g/mol. The van der Waals surface area contributed by atoms with Crippen LogP contribution in [-0.2, 0) is 7.05 Å². The van der Waals surface area contributed by atoms with E-state index in [-0.39, 0.29) is 32.3 Å². The first-order valence-electron chi connectivity index (χ1n) is 5.53. The van der Waals surface area contributed by atoms with Crippen LogP contribution in [0.2, 0.25) is 10.0 Å². The molecule has 5 nitrogen and oxygen atoms in total. The van der Waals surface area contributed by atoms with Crippen molar-refractivity contribution in [3.8, 4) is 11.8 Å². The molecule has 0 amide bonds. The SMILES string of the molecule is Cn1c(O)c2c(c1O)C(=O)c1cc(Cl)c(Cl)cc1C2=O. The highest BCUT2D eigenvalue weighted by atomic mass is 35.5.